The smallest absolute Gasteiger partial charge is 0.220 e. The van der Waals surface area contributed by atoms with E-state index >= 15 is 4.39 Å². The van der Waals surface area contributed by atoms with E-state index in [2.05, 4.69) is 16.6 Å². The van der Waals surface area contributed by atoms with Gasteiger partial charge in [-0.2, -0.15) is 4.39 Å². The maximum Gasteiger partial charge on any atom is 0.220 e. The van der Waals surface area contributed by atoms with Crippen molar-refractivity contribution < 1.29 is 13.5 Å². The van der Waals surface area contributed by atoms with Gasteiger partial charge in [0.2, 0.25) is 5.95 Å². The number of aliphatic imine (C=N–C) groups is 2. The molecule has 0 spiro atoms. The molecule has 0 aliphatic carbocycles. The Balaban J connectivity index is 1.74. The summed E-state index contributed by atoms with van der Waals surface area (Å²) in [4.78, 5) is 14.8. The van der Waals surface area contributed by atoms with E-state index in [1.807, 2.05) is 42.5 Å². The van der Waals surface area contributed by atoms with Crippen molar-refractivity contribution in [3.05, 3.63) is 96.6 Å². The van der Waals surface area contributed by atoms with Gasteiger partial charge in [0.1, 0.15) is 11.6 Å². The number of hydrogen-bond acceptors (Lipinski definition) is 6. The molecule has 0 saturated heterocycles. The molecular weight excluding hydrogens is 436 g/mol. The lowest BCUT2D eigenvalue weighted by atomic mass is 9.80. The number of benzene rings is 2. The number of ether oxygens (including phenoxy) is 1. The molecule has 2 N–H and O–H groups in total. The van der Waals surface area contributed by atoms with E-state index < -0.39 is 17.2 Å². The molecule has 2 aliphatic heterocycles. The lowest BCUT2D eigenvalue weighted by Crippen LogP contribution is -2.54. The quantitative estimate of drug-likeness (QED) is 0.461. The Hall–Kier alpha value is -4.07. The molecule has 0 radical (unpaired) electrons. The maximum atomic E-state index is 15.2. The number of nitrogens with two attached hydrogens (primary N) is 1. The second kappa shape index (κ2) is 8.06. The number of hydrogen-bond donors (Lipinski definition) is 1. The van der Waals surface area contributed by atoms with Gasteiger partial charge in [-0.25, -0.2) is 14.4 Å². The average Bonchev–Trinajstić information content (AvgIpc) is 3.16. The zero-order valence-electron chi connectivity index (χ0n) is 18.6. The lowest BCUT2D eigenvalue weighted by molar-refractivity contribution is 0.201. The van der Waals surface area contributed by atoms with Crippen LogP contribution in [0.5, 0.6) is 5.75 Å². The van der Waals surface area contributed by atoms with Gasteiger partial charge in [0.05, 0.1) is 20.2 Å². The highest BCUT2D eigenvalue weighted by Gasteiger charge is 2.52. The molecule has 2 unspecified atom stereocenters. The summed E-state index contributed by atoms with van der Waals surface area (Å²) in [5, 5.41) is 0. The highest BCUT2D eigenvalue weighted by atomic mass is 19.1. The minimum absolute atomic E-state index is 0.0422. The lowest BCUT2D eigenvalue weighted by Gasteiger charge is -2.37. The van der Waals surface area contributed by atoms with Crippen molar-refractivity contribution in [3.63, 3.8) is 0 Å². The van der Waals surface area contributed by atoms with Crippen molar-refractivity contribution >= 4 is 11.8 Å². The van der Waals surface area contributed by atoms with Gasteiger partial charge in [0.25, 0.3) is 0 Å². The van der Waals surface area contributed by atoms with Crippen LogP contribution in [-0.2, 0) is 5.54 Å². The number of rotatable bonds is 5. The van der Waals surface area contributed by atoms with Gasteiger partial charge in [-0.15, -0.1) is 0 Å². The van der Waals surface area contributed by atoms with Crippen molar-refractivity contribution in [1.29, 1.82) is 0 Å². The molecule has 34 heavy (non-hydrogen) atoms. The summed E-state index contributed by atoms with van der Waals surface area (Å²) in [6, 6.07) is 18.1. The molecule has 1 aromatic heterocycles. The van der Waals surface area contributed by atoms with E-state index in [0.717, 1.165) is 5.56 Å². The highest BCUT2D eigenvalue weighted by Crippen LogP contribution is 2.44. The fourth-order valence-corrected chi connectivity index (χ4v) is 4.49. The second-order valence-corrected chi connectivity index (χ2v) is 8.30. The molecule has 2 aromatic carbocycles. The fraction of sp³-hybridized carbons (Fsp3) is 0.192. The van der Waals surface area contributed by atoms with Gasteiger partial charge in [-0.1, -0.05) is 43.0 Å². The van der Waals surface area contributed by atoms with Gasteiger partial charge in [-0.3, -0.25) is 9.89 Å². The van der Waals surface area contributed by atoms with E-state index in [1.165, 1.54) is 12.3 Å². The summed E-state index contributed by atoms with van der Waals surface area (Å²) in [5.74, 6) is 0.763. The maximum absolute atomic E-state index is 15.2. The number of alkyl halides is 1. The zero-order valence-corrected chi connectivity index (χ0v) is 18.6. The second-order valence-electron chi connectivity index (χ2n) is 8.30. The van der Waals surface area contributed by atoms with Crippen molar-refractivity contribution in [1.82, 2.24) is 9.88 Å². The molecule has 2 aliphatic rings. The van der Waals surface area contributed by atoms with Gasteiger partial charge < -0.3 is 10.5 Å². The van der Waals surface area contributed by atoms with Crippen LogP contribution in [0, 0.1) is 5.95 Å². The van der Waals surface area contributed by atoms with Crippen LogP contribution < -0.4 is 10.5 Å². The van der Waals surface area contributed by atoms with Crippen molar-refractivity contribution in [2.24, 2.45) is 15.7 Å². The molecule has 8 heteroatoms. The van der Waals surface area contributed by atoms with Crippen LogP contribution in [0.3, 0.4) is 0 Å². The first kappa shape index (κ1) is 21.8. The molecule has 0 bridgehead atoms. The SMILES string of the molecule is C=CC1(F)CN=C2N(C1)C(N)=NC2(c1ccc(OC)cc1)c1cccc(-c2cccnc2F)c1. The Labute approximate surface area is 196 Å². The van der Waals surface area contributed by atoms with Crippen LogP contribution >= 0.6 is 0 Å². The molecule has 172 valence electrons. The van der Waals surface area contributed by atoms with Crippen LogP contribution in [-0.4, -0.2) is 47.5 Å². The predicted octanol–water partition coefficient (Wildman–Crippen LogP) is 4.08. The van der Waals surface area contributed by atoms with Crippen molar-refractivity contribution in [3.8, 4) is 16.9 Å². The molecule has 0 fully saturated rings. The van der Waals surface area contributed by atoms with Crippen LogP contribution in [0.4, 0.5) is 8.78 Å². The van der Waals surface area contributed by atoms with Gasteiger partial charge >= 0.3 is 0 Å². The Morgan fingerprint density at radius 1 is 1.12 bits per heavy atom. The summed E-state index contributed by atoms with van der Waals surface area (Å²) in [5.41, 5.74) is 5.95. The predicted molar refractivity (Wildman–Crippen MR) is 128 cm³/mol. The number of nitrogens with zero attached hydrogens (tertiary/aromatic N) is 4. The molecule has 2 atom stereocenters. The summed E-state index contributed by atoms with van der Waals surface area (Å²) in [7, 11) is 1.59. The molecular formula is C26H23F2N5O. The fourth-order valence-electron chi connectivity index (χ4n) is 4.49. The molecule has 6 nitrogen and oxygen atoms in total. The van der Waals surface area contributed by atoms with E-state index in [1.54, 1.807) is 30.2 Å². The van der Waals surface area contributed by atoms with Gasteiger partial charge in [0, 0.05) is 11.8 Å². The van der Waals surface area contributed by atoms with E-state index in [4.69, 9.17) is 15.5 Å². The Bertz CT molecular complexity index is 1320. The standard InChI is InChI=1S/C26H23F2N5O/c1-3-25(28)15-31-23-26(32-24(29)33(23)16-25,18-9-11-20(34-2)12-10-18)19-7-4-6-17(14-19)21-8-5-13-30-22(21)27/h3-14H,1,15-16H2,2H3,(H2,29,32). The third-order valence-corrected chi connectivity index (χ3v) is 6.27. The van der Waals surface area contributed by atoms with Gasteiger partial charge in [-0.05, 0) is 47.0 Å². The molecule has 0 saturated carbocycles. The molecule has 3 heterocycles. The monoisotopic (exact) mass is 459 g/mol. The van der Waals surface area contributed by atoms with E-state index in [-0.39, 0.29) is 19.0 Å². The number of aromatic nitrogens is 1. The van der Waals surface area contributed by atoms with Crippen molar-refractivity contribution in [2.45, 2.75) is 11.2 Å². The van der Waals surface area contributed by atoms with E-state index in [0.29, 0.717) is 28.3 Å². The number of pyridine rings is 1. The molecule has 0 amide bonds. The van der Waals surface area contributed by atoms with Crippen LogP contribution in [0.1, 0.15) is 11.1 Å². The number of fused-ring (bicyclic) bond motifs is 1. The number of guanidine groups is 1. The average molecular weight is 460 g/mol. The van der Waals surface area contributed by atoms with E-state index in [9.17, 15) is 4.39 Å². The summed E-state index contributed by atoms with van der Waals surface area (Å²) >= 11 is 0. The number of amidine groups is 1. The third kappa shape index (κ3) is 3.34. The third-order valence-electron chi connectivity index (χ3n) is 6.27. The normalized spacial score (nSPS) is 23.7. The molecule has 3 aromatic rings. The Morgan fingerprint density at radius 3 is 2.62 bits per heavy atom. The minimum atomic E-state index is -1.72. The largest absolute Gasteiger partial charge is 0.497 e. The Morgan fingerprint density at radius 2 is 1.91 bits per heavy atom. The summed E-state index contributed by atoms with van der Waals surface area (Å²) < 4.78 is 35.0. The number of halogens is 2. The first-order valence-electron chi connectivity index (χ1n) is 10.8. The topological polar surface area (TPSA) is 76.1 Å². The number of methoxy groups -OCH3 is 1. The minimum Gasteiger partial charge on any atom is -0.497 e. The zero-order chi connectivity index (χ0) is 23.9. The van der Waals surface area contributed by atoms with Crippen LogP contribution in [0.25, 0.3) is 11.1 Å². The molecule has 5 rings (SSSR count). The van der Waals surface area contributed by atoms with Crippen LogP contribution in [0.15, 0.2) is 89.5 Å². The summed E-state index contributed by atoms with van der Waals surface area (Å²) in [6.45, 7) is 3.47. The first-order chi connectivity index (χ1) is 16.4. The Kier molecular flexibility index (Phi) is 5.16. The van der Waals surface area contributed by atoms with Gasteiger partial charge in [0.15, 0.2) is 17.2 Å². The van der Waals surface area contributed by atoms with Crippen LogP contribution in [0.2, 0.25) is 0 Å². The summed E-state index contributed by atoms with van der Waals surface area (Å²) in [6.07, 6.45) is 2.65. The highest BCUT2D eigenvalue weighted by molar-refractivity contribution is 6.12. The van der Waals surface area contributed by atoms with Crippen molar-refractivity contribution in [2.75, 3.05) is 20.2 Å². The first-order valence-corrected chi connectivity index (χ1v) is 10.8.